The molecule has 4 nitrogen and oxygen atoms in total. The average Bonchev–Trinajstić information content (AvgIpc) is 2.39. The van der Waals surface area contributed by atoms with Crippen LogP contribution in [-0.2, 0) is 6.54 Å². The van der Waals surface area contributed by atoms with Crippen LogP contribution >= 0.6 is 0 Å². The Morgan fingerprint density at radius 1 is 1.11 bits per heavy atom. The van der Waals surface area contributed by atoms with Crippen molar-refractivity contribution in [2.75, 3.05) is 0 Å². The highest BCUT2D eigenvalue weighted by Gasteiger charge is 2.05. The zero-order valence-corrected chi connectivity index (χ0v) is 10.8. The average molecular weight is 255 g/mol. The minimum absolute atomic E-state index is 0.0752. The van der Waals surface area contributed by atoms with E-state index in [0.717, 1.165) is 22.6 Å². The Morgan fingerprint density at radius 2 is 1.84 bits per heavy atom. The highest BCUT2D eigenvalue weighted by atomic mass is 16.5. The van der Waals surface area contributed by atoms with Crippen LogP contribution in [0.2, 0.25) is 0 Å². The molecular formula is C15H17N3O. The normalized spacial score (nSPS) is 9.95. The lowest BCUT2D eigenvalue weighted by Crippen LogP contribution is -2.22. The van der Waals surface area contributed by atoms with Crippen LogP contribution < -0.4 is 16.2 Å². The fraction of sp³-hybridized carbons (Fsp3) is 0.133. The molecular weight excluding hydrogens is 238 g/mol. The van der Waals surface area contributed by atoms with E-state index in [-0.39, 0.29) is 5.96 Å². The maximum Gasteiger partial charge on any atom is 0.186 e. The minimum atomic E-state index is 0.0752. The van der Waals surface area contributed by atoms with Crippen molar-refractivity contribution in [2.45, 2.75) is 13.5 Å². The third kappa shape index (κ3) is 3.74. The van der Waals surface area contributed by atoms with E-state index in [1.165, 1.54) is 0 Å². The Balaban J connectivity index is 2.27. The lowest BCUT2D eigenvalue weighted by molar-refractivity contribution is 0.476. The highest BCUT2D eigenvalue weighted by molar-refractivity contribution is 5.75. The van der Waals surface area contributed by atoms with Gasteiger partial charge in [0.15, 0.2) is 5.96 Å². The Bertz CT molecular complexity index is 575. The summed E-state index contributed by atoms with van der Waals surface area (Å²) in [6.07, 6.45) is 0. The number of aryl methyl sites for hydroxylation is 1. The van der Waals surface area contributed by atoms with Crippen LogP contribution in [-0.4, -0.2) is 5.96 Å². The molecule has 0 fully saturated rings. The summed E-state index contributed by atoms with van der Waals surface area (Å²) in [5.41, 5.74) is 12.8. The summed E-state index contributed by atoms with van der Waals surface area (Å²) in [6, 6.07) is 15.6. The van der Waals surface area contributed by atoms with Gasteiger partial charge in [0, 0.05) is 5.56 Å². The van der Waals surface area contributed by atoms with Crippen molar-refractivity contribution >= 4 is 5.96 Å². The summed E-state index contributed by atoms with van der Waals surface area (Å²) in [7, 11) is 0. The minimum Gasteiger partial charge on any atom is -0.457 e. The molecule has 0 aliphatic heterocycles. The van der Waals surface area contributed by atoms with E-state index in [1.54, 1.807) is 0 Å². The van der Waals surface area contributed by atoms with Gasteiger partial charge in [0.1, 0.15) is 11.5 Å². The van der Waals surface area contributed by atoms with Crippen molar-refractivity contribution in [3.8, 4) is 11.5 Å². The molecule has 19 heavy (non-hydrogen) atoms. The largest absolute Gasteiger partial charge is 0.457 e. The van der Waals surface area contributed by atoms with Crippen molar-refractivity contribution in [1.82, 2.24) is 0 Å². The van der Waals surface area contributed by atoms with Gasteiger partial charge in [-0.3, -0.25) is 0 Å². The van der Waals surface area contributed by atoms with E-state index in [0.29, 0.717) is 6.54 Å². The van der Waals surface area contributed by atoms with E-state index in [2.05, 4.69) is 4.99 Å². The summed E-state index contributed by atoms with van der Waals surface area (Å²) >= 11 is 0. The first-order valence-electron chi connectivity index (χ1n) is 6.03. The molecule has 0 aliphatic carbocycles. The maximum absolute atomic E-state index is 5.87. The molecule has 0 heterocycles. The van der Waals surface area contributed by atoms with Crippen LogP contribution in [0.1, 0.15) is 11.1 Å². The zero-order valence-electron chi connectivity index (χ0n) is 10.8. The van der Waals surface area contributed by atoms with Gasteiger partial charge in [0.25, 0.3) is 0 Å². The summed E-state index contributed by atoms with van der Waals surface area (Å²) in [4.78, 5) is 4.02. The number of hydrogen-bond donors (Lipinski definition) is 2. The van der Waals surface area contributed by atoms with E-state index in [9.17, 15) is 0 Å². The van der Waals surface area contributed by atoms with Crippen molar-refractivity contribution in [3.63, 3.8) is 0 Å². The number of guanidine groups is 1. The van der Waals surface area contributed by atoms with Gasteiger partial charge in [-0.05, 0) is 30.7 Å². The maximum atomic E-state index is 5.87. The molecule has 0 aliphatic rings. The van der Waals surface area contributed by atoms with Crippen LogP contribution in [0.25, 0.3) is 0 Å². The molecule has 0 atom stereocenters. The predicted octanol–water partition coefficient (Wildman–Crippen LogP) is 2.56. The number of nitrogens with two attached hydrogens (primary N) is 2. The molecule has 2 aromatic rings. The SMILES string of the molecule is Cc1ccc(CN=C(N)N)c(Oc2ccccc2)c1. The predicted molar refractivity (Wildman–Crippen MR) is 77.2 cm³/mol. The summed E-state index contributed by atoms with van der Waals surface area (Å²) in [6.45, 7) is 2.42. The van der Waals surface area contributed by atoms with Crippen LogP contribution in [0.15, 0.2) is 53.5 Å². The van der Waals surface area contributed by atoms with Crippen LogP contribution in [0.3, 0.4) is 0 Å². The first-order valence-corrected chi connectivity index (χ1v) is 6.03. The van der Waals surface area contributed by atoms with E-state index in [4.69, 9.17) is 16.2 Å². The Labute approximate surface area is 112 Å². The third-order valence-corrected chi connectivity index (χ3v) is 2.63. The fourth-order valence-electron chi connectivity index (χ4n) is 1.68. The molecule has 0 amide bonds. The first kappa shape index (κ1) is 13.0. The molecule has 0 saturated carbocycles. The third-order valence-electron chi connectivity index (χ3n) is 2.63. The van der Waals surface area contributed by atoms with Crippen molar-refractivity contribution in [1.29, 1.82) is 0 Å². The van der Waals surface area contributed by atoms with Crippen LogP contribution in [0.5, 0.6) is 11.5 Å². The van der Waals surface area contributed by atoms with Gasteiger partial charge in [-0.2, -0.15) is 0 Å². The standard InChI is InChI=1S/C15H17N3O/c1-11-7-8-12(10-18-15(16)17)14(9-11)19-13-5-3-2-4-6-13/h2-9H,10H2,1H3,(H4,16,17,18). The Kier molecular flexibility index (Phi) is 4.03. The lowest BCUT2D eigenvalue weighted by atomic mass is 10.1. The highest BCUT2D eigenvalue weighted by Crippen LogP contribution is 2.26. The van der Waals surface area contributed by atoms with Crippen LogP contribution in [0, 0.1) is 6.92 Å². The smallest absolute Gasteiger partial charge is 0.186 e. The molecule has 0 spiro atoms. The number of benzene rings is 2. The van der Waals surface area contributed by atoms with Gasteiger partial charge in [0.2, 0.25) is 0 Å². The van der Waals surface area contributed by atoms with E-state index in [1.807, 2.05) is 55.5 Å². The van der Waals surface area contributed by atoms with Gasteiger partial charge in [-0.15, -0.1) is 0 Å². The number of aliphatic imine (C=N–C) groups is 1. The summed E-state index contributed by atoms with van der Waals surface area (Å²) in [5, 5.41) is 0. The molecule has 0 aromatic heterocycles. The van der Waals surface area contributed by atoms with Crippen molar-refractivity contribution in [3.05, 3.63) is 59.7 Å². The Hall–Kier alpha value is -2.49. The lowest BCUT2D eigenvalue weighted by Gasteiger charge is -2.11. The molecule has 0 saturated heterocycles. The molecule has 2 aromatic carbocycles. The van der Waals surface area contributed by atoms with Gasteiger partial charge < -0.3 is 16.2 Å². The van der Waals surface area contributed by atoms with E-state index < -0.39 is 0 Å². The second-order valence-corrected chi connectivity index (χ2v) is 4.27. The number of para-hydroxylation sites is 1. The molecule has 4 heteroatoms. The van der Waals surface area contributed by atoms with Crippen molar-refractivity contribution in [2.24, 2.45) is 16.5 Å². The number of nitrogens with zero attached hydrogens (tertiary/aromatic N) is 1. The molecule has 98 valence electrons. The first-order chi connectivity index (χ1) is 9.15. The molecule has 0 radical (unpaired) electrons. The second-order valence-electron chi connectivity index (χ2n) is 4.27. The molecule has 2 rings (SSSR count). The topological polar surface area (TPSA) is 73.6 Å². The fourth-order valence-corrected chi connectivity index (χ4v) is 1.68. The summed E-state index contributed by atoms with van der Waals surface area (Å²) in [5.74, 6) is 1.64. The van der Waals surface area contributed by atoms with Gasteiger partial charge in [-0.1, -0.05) is 30.3 Å². The van der Waals surface area contributed by atoms with E-state index >= 15 is 0 Å². The molecule has 0 bridgehead atoms. The van der Waals surface area contributed by atoms with Gasteiger partial charge >= 0.3 is 0 Å². The number of ether oxygens (including phenoxy) is 1. The number of rotatable bonds is 4. The number of hydrogen-bond acceptors (Lipinski definition) is 2. The monoisotopic (exact) mass is 255 g/mol. The molecule has 4 N–H and O–H groups in total. The quantitative estimate of drug-likeness (QED) is 0.651. The van der Waals surface area contributed by atoms with Crippen molar-refractivity contribution < 1.29 is 4.74 Å². The second kappa shape index (κ2) is 5.91. The molecule has 0 unspecified atom stereocenters. The van der Waals surface area contributed by atoms with Crippen LogP contribution in [0.4, 0.5) is 0 Å². The van der Waals surface area contributed by atoms with Gasteiger partial charge in [0.05, 0.1) is 6.54 Å². The Morgan fingerprint density at radius 3 is 2.53 bits per heavy atom. The zero-order chi connectivity index (χ0) is 13.7. The van der Waals surface area contributed by atoms with Gasteiger partial charge in [-0.25, -0.2) is 4.99 Å². The summed E-state index contributed by atoms with van der Waals surface area (Å²) < 4.78 is 5.87.